The Kier molecular flexibility index (Phi) is 7.87. The van der Waals surface area contributed by atoms with Crippen LogP contribution in [0.2, 0.25) is 0 Å². The van der Waals surface area contributed by atoms with Crippen LogP contribution in [0, 0.1) is 16.7 Å². The van der Waals surface area contributed by atoms with Crippen LogP contribution in [0.5, 0.6) is 17.2 Å². The molecule has 0 fully saturated rings. The minimum atomic E-state index is -0.831. The highest BCUT2D eigenvalue weighted by Crippen LogP contribution is 2.35. The maximum Gasteiger partial charge on any atom is 0.273 e. The van der Waals surface area contributed by atoms with Crippen molar-refractivity contribution in [3.8, 4) is 45.9 Å². The topological polar surface area (TPSA) is 108 Å². The Hall–Kier alpha value is -5.40. The number of hydrogen-bond donors (Lipinski definition) is 0. The molecule has 9 nitrogen and oxygen atoms in total. The summed E-state index contributed by atoms with van der Waals surface area (Å²) in [7, 11) is 1.56. The summed E-state index contributed by atoms with van der Waals surface area (Å²) in [5, 5.41) is 15.1. The minimum Gasteiger partial charge on any atom is -0.497 e. The van der Waals surface area contributed by atoms with E-state index in [-0.39, 0.29) is 21.6 Å². The van der Waals surface area contributed by atoms with Gasteiger partial charge in [-0.2, -0.15) is 10.4 Å². The smallest absolute Gasteiger partial charge is 0.273 e. The maximum absolute atomic E-state index is 14.2. The summed E-state index contributed by atoms with van der Waals surface area (Å²) in [4.78, 5) is 27.6. The molecule has 0 N–H and O–H groups in total. The lowest BCUT2D eigenvalue weighted by molar-refractivity contribution is -0.120. The number of fused-ring (bicyclic) bond motifs is 1. The van der Waals surface area contributed by atoms with E-state index in [1.807, 2.05) is 54.7 Å². The summed E-state index contributed by atoms with van der Waals surface area (Å²) in [6, 6.07) is 24.3. The zero-order valence-corrected chi connectivity index (χ0v) is 26.1. The Morgan fingerprint density at radius 3 is 2.38 bits per heavy atom. The van der Waals surface area contributed by atoms with Crippen molar-refractivity contribution in [3.05, 3.63) is 104 Å². The monoisotopic (exact) mass is 618 g/mol. The summed E-state index contributed by atoms with van der Waals surface area (Å²) in [6.45, 7) is 6.18. The van der Waals surface area contributed by atoms with E-state index in [4.69, 9.17) is 19.3 Å². The lowest BCUT2D eigenvalue weighted by Gasteiger charge is -2.18. The fourth-order valence-corrected chi connectivity index (χ4v) is 6.04. The highest BCUT2D eigenvalue weighted by Gasteiger charge is 2.28. The van der Waals surface area contributed by atoms with Crippen LogP contribution in [0.15, 0.2) is 83.8 Å². The van der Waals surface area contributed by atoms with Crippen LogP contribution >= 0.6 is 11.3 Å². The van der Waals surface area contributed by atoms with Crippen molar-refractivity contribution >= 4 is 28.8 Å². The SMILES string of the molecule is COc1ccc(-n2c(=O)/c(=C\c3cn(-c4ccccc4)nc3-c3ccc4c(c3)OCCO4)s/c2=C(/C#N)C(=O)C(C)(C)C)cc1. The predicted octanol–water partition coefficient (Wildman–Crippen LogP) is 4.65. The summed E-state index contributed by atoms with van der Waals surface area (Å²) in [5.41, 5.74) is 2.14. The number of aromatic nitrogens is 3. The molecule has 2 aromatic heterocycles. The molecule has 1 aliphatic heterocycles. The van der Waals surface area contributed by atoms with Gasteiger partial charge in [-0.3, -0.25) is 14.2 Å². The van der Waals surface area contributed by atoms with Crippen molar-refractivity contribution in [2.75, 3.05) is 20.3 Å². The molecule has 0 bridgehead atoms. The Labute approximate surface area is 263 Å². The van der Waals surface area contributed by atoms with Crippen molar-refractivity contribution in [2.45, 2.75) is 20.8 Å². The van der Waals surface area contributed by atoms with Gasteiger partial charge in [0, 0.05) is 22.7 Å². The number of benzene rings is 3. The summed E-state index contributed by atoms with van der Waals surface area (Å²) < 4.78 is 20.6. The first kappa shape index (κ1) is 29.7. The van der Waals surface area contributed by atoms with Crippen LogP contribution in [0.25, 0.3) is 34.3 Å². The average molecular weight is 619 g/mol. The Morgan fingerprint density at radius 2 is 1.71 bits per heavy atom. The highest BCUT2D eigenvalue weighted by molar-refractivity contribution is 7.07. The number of nitrogens with zero attached hydrogens (tertiary/aromatic N) is 4. The van der Waals surface area contributed by atoms with Crippen molar-refractivity contribution < 1.29 is 19.0 Å². The van der Waals surface area contributed by atoms with Gasteiger partial charge in [-0.15, -0.1) is 11.3 Å². The Balaban J connectivity index is 1.62. The minimum absolute atomic E-state index is 0.0768. The van der Waals surface area contributed by atoms with Crippen LogP contribution in [-0.4, -0.2) is 40.5 Å². The van der Waals surface area contributed by atoms with E-state index in [0.717, 1.165) is 22.6 Å². The summed E-state index contributed by atoms with van der Waals surface area (Å²) >= 11 is 1.10. The molecule has 0 radical (unpaired) electrons. The molecule has 0 aliphatic carbocycles. The average Bonchev–Trinajstić information content (AvgIpc) is 3.62. The van der Waals surface area contributed by atoms with E-state index in [1.54, 1.807) is 62.9 Å². The molecule has 0 saturated carbocycles. The fourth-order valence-electron chi connectivity index (χ4n) is 4.95. The zero-order chi connectivity index (χ0) is 31.7. The van der Waals surface area contributed by atoms with E-state index >= 15 is 0 Å². The zero-order valence-electron chi connectivity index (χ0n) is 25.2. The second-order valence-electron chi connectivity index (χ2n) is 11.4. The number of carbonyl (C=O) groups excluding carboxylic acids is 1. The van der Waals surface area contributed by atoms with Gasteiger partial charge in [-0.05, 0) is 60.7 Å². The van der Waals surface area contributed by atoms with Gasteiger partial charge in [0.2, 0.25) is 0 Å². The second kappa shape index (κ2) is 11.9. The molecule has 10 heteroatoms. The normalized spacial score (nSPS) is 13.7. The number of Topliss-reactive ketones (excluding diaryl/α,β-unsaturated/α-hetero) is 1. The number of ether oxygens (including phenoxy) is 3. The predicted molar refractivity (Wildman–Crippen MR) is 173 cm³/mol. The van der Waals surface area contributed by atoms with Gasteiger partial charge >= 0.3 is 0 Å². The van der Waals surface area contributed by atoms with Crippen molar-refractivity contribution in [2.24, 2.45) is 5.41 Å². The fraction of sp³-hybridized carbons (Fsp3) is 0.200. The number of ketones is 1. The van der Waals surface area contributed by atoms with Crippen LogP contribution in [0.4, 0.5) is 0 Å². The molecule has 3 aromatic carbocycles. The number of rotatable bonds is 6. The van der Waals surface area contributed by atoms with Crippen LogP contribution in [0.1, 0.15) is 26.3 Å². The van der Waals surface area contributed by atoms with Gasteiger partial charge in [0.1, 0.15) is 41.0 Å². The number of carbonyl (C=O) groups is 1. The molecule has 0 atom stereocenters. The molecular formula is C35H30N4O5S. The van der Waals surface area contributed by atoms with Crippen molar-refractivity contribution in [1.82, 2.24) is 14.3 Å². The third kappa shape index (κ3) is 5.78. The van der Waals surface area contributed by atoms with Crippen molar-refractivity contribution in [1.29, 1.82) is 5.26 Å². The largest absolute Gasteiger partial charge is 0.497 e. The molecule has 6 rings (SSSR count). The van der Waals surface area contributed by atoms with E-state index in [1.165, 1.54) is 4.57 Å². The molecule has 226 valence electrons. The van der Waals surface area contributed by atoms with E-state index in [9.17, 15) is 14.9 Å². The number of para-hydroxylation sites is 1. The van der Waals surface area contributed by atoms with Gasteiger partial charge in [0.15, 0.2) is 17.3 Å². The molecule has 5 aromatic rings. The van der Waals surface area contributed by atoms with Crippen molar-refractivity contribution in [3.63, 3.8) is 0 Å². The van der Waals surface area contributed by atoms with Crippen LogP contribution in [-0.2, 0) is 4.79 Å². The number of thiazole rings is 1. The standard InChI is InChI=1S/C35H30N4O5S/c1-35(2,3)32(40)27(20-36)34-39(25-11-13-26(42-4)14-12-25)33(41)30(45-34)19-23-21-38(24-8-6-5-7-9-24)37-31(23)22-10-15-28-29(18-22)44-17-16-43-28/h5-15,18-19,21H,16-17H2,1-4H3/b30-19+,34-27-. The first-order valence-electron chi connectivity index (χ1n) is 14.3. The van der Waals surface area contributed by atoms with Gasteiger partial charge in [0.05, 0.1) is 23.0 Å². The molecular weight excluding hydrogens is 588 g/mol. The third-order valence-corrected chi connectivity index (χ3v) is 8.35. The summed E-state index contributed by atoms with van der Waals surface area (Å²) in [6.07, 6.45) is 3.61. The molecule has 0 unspecified atom stereocenters. The first-order chi connectivity index (χ1) is 21.7. The molecule has 0 saturated heterocycles. The molecule has 0 amide bonds. The molecule has 45 heavy (non-hydrogen) atoms. The number of hydrogen-bond acceptors (Lipinski definition) is 8. The molecule has 1 aliphatic rings. The van der Waals surface area contributed by atoms with E-state index in [2.05, 4.69) is 6.07 Å². The molecule has 3 heterocycles. The van der Waals surface area contributed by atoms with Gasteiger partial charge in [-0.1, -0.05) is 39.0 Å². The van der Waals surface area contributed by atoms with Gasteiger partial charge < -0.3 is 14.2 Å². The van der Waals surface area contributed by atoms with E-state index < -0.39 is 5.41 Å². The molecule has 0 spiro atoms. The lowest BCUT2D eigenvalue weighted by Crippen LogP contribution is -2.33. The third-order valence-electron chi connectivity index (χ3n) is 7.25. The lowest BCUT2D eigenvalue weighted by atomic mass is 9.87. The van der Waals surface area contributed by atoms with Gasteiger partial charge in [0.25, 0.3) is 5.56 Å². The van der Waals surface area contributed by atoms with Gasteiger partial charge in [-0.25, -0.2) is 4.68 Å². The summed E-state index contributed by atoms with van der Waals surface area (Å²) in [5.74, 6) is 1.54. The number of methoxy groups -OCH3 is 1. The van der Waals surface area contributed by atoms with Crippen LogP contribution in [0.3, 0.4) is 0 Å². The number of nitriles is 1. The van der Waals surface area contributed by atoms with Crippen LogP contribution < -0.4 is 29.0 Å². The Morgan fingerprint density at radius 1 is 1.00 bits per heavy atom. The highest BCUT2D eigenvalue weighted by atomic mass is 32.1. The maximum atomic E-state index is 14.2. The quantitative estimate of drug-likeness (QED) is 0.273. The van der Waals surface area contributed by atoms with E-state index in [0.29, 0.717) is 51.9 Å². The Bertz CT molecular complexity index is 2130. The first-order valence-corrected chi connectivity index (χ1v) is 15.1. The second-order valence-corrected chi connectivity index (χ2v) is 12.4.